The van der Waals surface area contributed by atoms with Gasteiger partial charge in [0.15, 0.2) is 0 Å². The van der Waals surface area contributed by atoms with Crippen LogP contribution in [0, 0.1) is 5.82 Å². The van der Waals surface area contributed by atoms with Crippen molar-refractivity contribution >= 4 is 11.9 Å². The van der Waals surface area contributed by atoms with E-state index in [9.17, 15) is 14.0 Å². The third-order valence-corrected chi connectivity index (χ3v) is 3.07. The Morgan fingerprint density at radius 3 is 2.84 bits per heavy atom. The molecule has 1 atom stereocenters. The lowest BCUT2D eigenvalue weighted by Crippen LogP contribution is -2.42. The maximum atomic E-state index is 13.3. The van der Waals surface area contributed by atoms with E-state index < -0.39 is 6.03 Å². The molecule has 5 nitrogen and oxygen atoms in total. The van der Waals surface area contributed by atoms with Crippen LogP contribution < -0.4 is 10.6 Å². The summed E-state index contributed by atoms with van der Waals surface area (Å²) in [6.45, 7) is 0.626. The maximum absolute atomic E-state index is 13.3. The van der Waals surface area contributed by atoms with Gasteiger partial charge in [0.2, 0.25) is 5.91 Å². The molecular weight excluding hydrogens is 249 g/mol. The first-order valence-electron chi connectivity index (χ1n) is 6.08. The standard InChI is InChI=1S/C13H16FN3O2/c1-17-8-10(6-12(17)18)16-13(19)15-7-9-4-2-3-5-11(9)14/h2-5,10H,6-8H2,1H3,(H2,15,16,19)/t10-/m1/s1. The number of rotatable bonds is 3. The molecule has 1 aromatic carbocycles. The number of likely N-dealkylation sites (N-methyl/N-ethyl adjacent to an activating group) is 1. The zero-order valence-electron chi connectivity index (χ0n) is 10.6. The number of likely N-dealkylation sites (tertiary alicyclic amines) is 1. The second-order valence-corrected chi connectivity index (χ2v) is 4.59. The Balaban J connectivity index is 1.79. The Morgan fingerprint density at radius 1 is 1.47 bits per heavy atom. The SMILES string of the molecule is CN1C[C@H](NC(=O)NCc2ccccc2F)CC1=O. The Bertz CT molecular complexity index is 493. The van der Waals surface area contributed by atoms with Crippen LogP contribution in [-0.4, -0.2) is 36.5 Å². The highest BCUT2D eigenvalue weighted by molar-refractivity contribution is 5.81. The van der Waals surface area contributed by atoms with Gasteiger partial charge in [-0.2, -0.15) is 0 Å². The quantitative estimate of drug-likeness (QED) is 0.851. The Kier molecular flexibility index (Phi) is 3.99. The Hall–Kier alpha value is -2.11. The Morgan fingerprint density at radius 2 is 2.21 bits per heavy atom. The smallest absolute Gasteiger partial charge is 0.315 e. The van der Waals surface area contributed by atoms with E-state index in [1.165, 1.54) is 6.07 Å². The van der Waals surface area contributed by atoms with Crippen molar-refractivity contribution in [1.29, 1.82) is 0 Å². The highest BCUT2D eigenvalue weighted by Gasteiger charge is 2.27. The largest absolute Gasteiger partial charge is 0.344 e. The van der Waals surface area contributed by atoms with Gasteiger partial charge in [-0.1, -0.05) is 18.2 Å². The summed E-state index contributed by atoms with van der Waals surface area (Å²) < 4.78 is 13.3. The molecule has 0 spiro atoms. The van der Waals surface area contributed by atoms with Gasteiger partial charge in [-0.3, -0.25) is 4.79 Å². The summed E-state index contributed by atoms with van der Waals surface area (Å²) in [5.74, 6) is -0.335. The van der Waals surface area contributed by atoms with Crippen LogP contribution in [0.25, 0.3) is 0 Å². The van der Waals surface area contributed by atoms with Crippen LogP contribution >= 0.6 is 0 Å². The highest BCUT2D eigenvalue weighted by Crippen LogP contribution is 2.08. The van der Waals surface area contributed by atoms with Gasteiger partial charge in [-0.25, -0.2) is 9.18 Å². The minimum atomic E-state index is -0.392. The minimum Gasteiger partial charge on any atom is -0.344 e. The molecule has 1 aliphatic rings. The third-order valence-electron chi connectivity index (χ3n) is 3.07. The summed E-state index contributed by atoms with van der Waals surface area (Å²) in [6, 6.07) is 5.69. The van der Waals surface area contributed by atoms with E-state index in [2.05, 4.69) is 10.6 Å². The summed E-state index contributed by atoms with van der Waals surface area (Å²) in [6.07, 6.45) is 0.309. The van der Waals surface area contributed by atoms with Gasteiger partial charge in [-0.05, 0) is 6.07 Å². The number of nitrogens with one attached hydrogen (secondary N) is 2. The van der Waals surface area contributed by atoms with Crippen LogP contribution in [0.2, 0.25) is 0 Å². The summed E-state index contributed by atoms with van der Waals surface area (Å²) in [5.41, 5.74) is 0.428. The molecule has 1 heterocycles. The first kappa shape index (κ1) is 13.3. The van der Waals surface area contributed by atoms with E-state index in [0.29, 0.717) is 18.5 Å². The van der Waals surface area contributed by atoms with Gasteiger partial charge in [0.1, 0.15) is 5.82 Å². The molecule has 102 valence electrons. The van der Waals surface area contributed by atoms with E-state index in [-0.39, 0.29) is 24.3 Å². The van der Waals surface area contributed by atoms with Crippen molar-refractivity contribution in [1.82, 2.24) is 15.5 Å². The van der Waals surface area contributed by atoms with Crippen LogP contribution in [0.3, 0.4) is 0 Å². The van der Waals surface area contributed by atoms with Crippen molar-refractivity contribution in [3.05, 3.63) is 35.6 Å². The molecule has 3 amide bonds. The normalized spacial score (nSPS) is 18.5. The first-order chi connectivity index (χ1) is 9.06. The second kappa shape index (κ2) is 5.69. The minimum absolute atomic E-state index is 0.0133. The van der Waals surface area contributed by atoms with Crippen LogP contribution in [0.15, 0.2) is 24.3 Å². The van der Waals surface area contributed by atoms with Crippen molar-refractivity contribution < 1.29 is 14.0 Å². The summed E-state index contributed by atoms with van der Waals surface area (Å²) in [7, 11) is 1.70. The zero-order chi connectivity index (χ0) is 13.8. The van der Waals surface area contributed by atoms with Gasteiger partial charge >= 0.3 is 6.03 Å². The highest BCUT2D eigenvalue weighted by atomic mass is 19.1. The number of hydrogen-bond acceptors (Lipinski definition) is 2. The number of carbonyl (C=O) groups excluding carboxylic acids is 2. The molecule has 1 saturated heterocycles. The number of nitrogens with zero attached hydrogens (tertiary/aromatic N) is 1. The molecule has 0 saturated carbocycles. The fourth-order valence-electron chi connectivity index (χ4n) is 2.01. The van der Waals surface area contributed by atoms with Crippen molar-refractivity contribution in [2.75, 3.05) is 13.6 Å². The van der Waals surface area contributed by atoms with Gasteiger partial charge in [0.05, 0.1) is 6.04 Å². The predicted octanol–water partition coefficient (Wildman–Crippen LogP) is 0.856. The summed E-state index contributed by atoms with van der Waals surface area (Å²) in [4.78, 5) is 24.5. The molecule has 0 radical (unpaired) electrons. The number of hydrogen-bond donors (Lipinski definition) is 2. The number of benzene rings is 1. The molecule has 19 heavy (non-hydrogen) atoms. The summed E-state index contributed by atoms with van der Waals surface area (Å²) >= 11 is 0. The van der Waals surface area contributed by atoms with Crippen LogP contribution in [-0.2, 0) is 11.3 Å². The number of halogens is 1. The van der Waals surface area contributed by atoms with E-state index in [1.807, 2.05) is 0 Å². The van der Waals surface area contributed by atoms with Crippen LogP contribution in [0.4, 0.5) is 9.18 Å². The first-order valence-corrected chi connectivity index (χ1v) is 6.08. The van der Waals surface area contributed by atoms with Gasteiger partial charge in [0.25, 0.3) is 0 Å². The molecule has 1 aromatic rings. The molecule has 1 fully saturated rings. The molecule has 2 rings (SSSR count). The summed E-state index contributed by atoms with van der Waals surface area (Å²) in [5, 5.41) is 5.27. The van der Waals surface area contributed by atoms with Crippen LogP contribution in [0.5, 0.6) is 0 Å². The lowest BCUT2D eigenvalue weighted by molar-refractivity contribution is -0.126. The maximum Gasteiger partial charge on any atom is 0.315 e. The lowest BCUT2D eigenvalue weighted by atomic mass is 10.2. The van der Waals surface area contributed by atoms with Crippen molar-refractivity contribution in [3.8, 4) is 0 Å². The third kappa shape index (κ3) is 3.43. The van der Waals surface area contributed by atoms with E-state index in [0.717, 1.165) is 0 Å². The monoisotopic (exact) mass is 265 g/mol. The average Bonchev–Trinajstić information content (AvgIpc) is 2.67. The molecule has 6 heteroatoms. The molecule has 0 unspecified atom stereocenters. The van der Waals surface area contributed by atoms with Gasteiger partial charge in [-0.15, -0.1) is 0 Å². The molecular formula is C13H16FN3O2. The van der Waals surface area contributed by atoms with E-state index >= 15 is 0 Å². The number of carbonyl (C=O) groups is 2. The fourth-order valence-corrected chi connectivity index (χ4v) is 2.01. The number of urea groups is 1. The average molecular weight is 265 g/mol. The van der Waals surface area contributed by atoms with Crippen molar-refractivity contribution in [2.45, 2.75) is 19.0 Å². The second-order valence-electron chi connectivity index (χ2n) is 4.59. The molecule has 0 aliphatic carbocycles. The topological polar surface area (TPSA) is 61.4 Å². The molecule has 0 aromatic heterocycles. The number of amides is 3. The van der Waals surface area contributed by atoms with Gasteiger partial charge in [0, 0.05) is 32.1 Å². The van der Waals surface area contributed by atoms with E-state index in [4.69, 9.17) is 0 Å². The molecule has 1 aliphatic heterocycles. The van der Waals surface area contributed by atoms with E-state index in [1.54, 1.807) is 30.1 Å². The predicted molar refractivity (Wildman–Crippen MR) is 67.8 cm³/mol. The molecule has 0 bridgehead atoms. The van der Waals surface area contributed by atoms with Crippen molar-refractivity contribution in [3.63, 3.8) is 0 Å². The lowest BCUT2D eigenvalue weighted by Gasteiger charge is -2.13. The van der Waals surface area contributed by atoms with Crippen molar-refractivity contribution in [2.24, 2.45) is 0 Å². The zero-order valence-corrected chi connectivity index (χ0v) is 10.6. The van der Waals surface area contributed by atoms with Gasteiger partial charge < -0.3 is 15.5 Å². The molecule has 2 N–H and O–H groups in total. The Labute approximate surface area is 110 Å². The fraction of sp³-hybridized carbons (Fsp3) is 0.385. The van der Waals surface area contributed by atoms with Crippen LogP contribution in [0.1, 0.15) is 12.0 Å².